The number of ether oxygens (including phenoxy) is 1. The maximum Gasteiger partial charge on any atom is 0.374 e. The fourth-order valence-corrected chi connectivity index (χ4v) is 2.44. The van der Waals surface area contributed by atoms with Crippen LogP contribution in [-0.2, 0) is 10.5 Å². The summed E-state index contributed by atoms with van der Waals surface area (Å²) in [5, 5.41) is 4.85. The largest absolute Gasteiger partial charge is 0.463 e. The molecule has 20 heavy (non-hydrogen) atoms. The molecular weight excluding hydrogens is 280 g/mol. The van der Waals surface area contributed by atoms with Gasteiger partial charge in [0.2, 0.25) is 10.9 Å². The fourth-order valence-electron chi connectivity index (χ4n) is 1.64. The Morgan fingerprint density at radius 2 is 2.45 bits per heavy atom. The second kappa shape index (κ2) is 5.33. The van der Waals surface area contributed by atoms with E-state index in [1.165, 1.54) is 25.1 Å². The predicted molar refractivity (Wildman–Crippen MR) is 70.4 cm³/mol. The SMILES string of the molecule is COC(=O)c1occc1CSc1nc2ncccn2n1. The summed E-state index contributed by atoms with van der Waals surface area (Å²) in [4.78, 5) is 19.8. The van der Waals surface area contributed by atoms with E-state index in [0.717, 1.165) is 5.56 Å². The van der Waals surface area contributed by atoms with E-state index in [9.17, 15) is 4.79 Å². The Morgan fingerprint density at radius 1 is 1.55 bits per heavy atom. The van der Waals surface area contributed by atoms with Crippen molar-refractivity contribution in [2.75, 3.05) is 7.11 Å². The van der Waals surface area contributed by atoms with Crippen molar-refractivity contribution in [3.8, 4) is 0 Å². The van der Waals surface area contributed by atoms with Crippen molar-refractivity contribution in [1.82, 2.24) is 19.6 Å². The number of fused-ring (bicyclic) bond motifs is 1. The number of nitrogens with zero attached hydrogens (tertiary/aromatic N) is 4. The number of methoxy groups -OCH3 is 1. The molecule has 7 nitrogen and oxygen atoms in total. The standard InChI is InChI=1S/C12H10N4O3S/c1-18-10(17)9-8(3-6-19-9)7-20-12-14-11-13-4-2-5-16(11)15-12/h2-6H,7H2,1H3. The molecule has 0 aromatic carbocycles. The van der Waals surface area contributed by atoms with Gasteiger partial charge < -0.3 is 9.15 Å². The first-order chi connectivity index (χ1) is 9.78. The second-order valence-corrected chi connectivity index (χ2v) is 4.76. The summed E-state index contributed by atoms with van der Waals surface area (Å²) in [5.41, 5.74) is 0.744. The van der Waals surface area contributed by atoms with Crippen LogP contribution in [0.25, 0.3) is 5.78 Å². The van der Waals surface area contributed by atoms with Gasteiger partial charge in [-0.1, -0.05) is 11.8 Å². The molecule has 0 unspecified atom stereocenters. The lowest BCUT2D eigenvalue weighted by atomic mass is 10.3. The molecule has 0 N–H and O–H groups in total. The average molecular weight is 290 g/mol. The zero-order chi connectivity index (χ0) is 13.9. The van der Waals surface area contributed by atoms with Crippen molar-refractivity contribution in [3.05, 3.63) is 42.1 Å². The van der Waals surface area contributed by atoms with Gasteiger partial charge in [0.25, 0.3) is 5.78 Å². The molecule has 102 valence electrons. The molecule has 0 aliphatic rings. The van der Waals surface area contributed by atoms with E-state index >= 15 is 0 Å². The van der Waals surface area contributed by atoms with E-state index in [4.69, 9.17) is 4.42 Å². The van der Waals surface area contributed by atoms with Crippen LogP contribution in [0.5, 0.6) is 0 Å². The van der Waals surface area contributed by atoms with Gasteiger partial charge in [0.1, 0.15) is 0 Å². The third-order valence-corrected chi connectivity index (χ3v) is 3.46. The number of rotatable bonds is 4. The molecule has 3 aromatic rings. The van der Waals surface area contributed by atoms with Crippen LogP contribution < -0.4 is 0 Å². The maximum absolute atomic E-state index is 11.5. The zero-order valence-corrected chi connectivity index (χ0v) is 11.3. The summed E-state index contributed by atoms with van der Waals surface area (Å²) in [6.45, 7) is 0. The highest BCUT2D eigenvalue weighted by Gasteiger charge is 2.16. The number of thioether (sulfide) groups is 1. The molecule has 8 heteroatoms. The van der Waals surface area contributed by atoms with Crippen LogP contribution in [0, 0.1) is 0 Å². The lowest BCUT2D eigenvalue weighted by Crippen LogP contribution is -2.02. The monoisotopic (exact) mass is 290 g/mol. The van der Waals surface area contributed by atoms with Crippen LogP contribution in [0.2, 0.25) is 0 Å². The number of carbonyl (C=O) groups is 1. The summed E-state index contributed by atoms with van der Waals surface area (Å²) >= 11 is 1.40. The number of carbonyl (C=O) groups excluding carboxylic acids is 1. The van der Waals surface area contributed by atoms with Gasteiger partial charge in [-0.25, -0.2) is 14.3 Å². The molecule has 0 saturated heterocycles. The Kier molecular flexibility index (Phi) is 3.38. The first-order valence-electron chi connectivity index (χ1n) is 5.73. The van der Waals surface area contributed by atoms with Gasteiger partial charge in [-0.15, -0.1) is 5.10 Å². The minimum Gasteiger partial charge on any atom is -0.463 e. The molecule has 0 aliphatic carbocycles. The van der Waals surface area contributed by atoms with E-state index in [1.54, 1.807) is 29.0 Å². The van der Waals surface area contributed by atoms with Crippen molar-refractivity contribution in [2.45, 2.75) is 10.9 Å². The lowest BCUT2D eigenvalue weighted by Gasteiger charge is -1.98. The Balaban J connectivity index is 1.76. The summed E-state index contributed by atoms with van der Waals surface area (Å²) in [6, 6.07) is 3.51. The second-order valence-electron chi connectivity index (χ2n) is 3.81. The third kappa shape index (κ3) is 2.37. The Hall–Kier alpha value is -2.35. The molecule has 0 fully saturated rings. The van der Waals surface area contributed by atoms with Gasteiger partial charge in [0.05, 0.1) is 13.4 Å². The molecule has 0 atom stereocenters. The van der Waals surface area contributed by atoms with Crippen molar-refractivity contribution < 1.29 is 13.9 Å². The normalized spacial score (nSPS) is 10.8. The minimum absolute atomic E-state index is 0.210. The van der Waals surface area contributed by atoms with Crippen LogP contribution in [0.4, 0.5) is 0 Å². The molecule has 0 bridgehead atoms. The minimum atomic E-state index is -0.491. The molecular formula is C12H10N4O3S. The van der Waals surface area contributed by atoms with E-state index in [2.05, 4.69) is 19.8 Å². The Bertz CT molecular complexity index is 719. The third-order valence-electron chi connectivity index (χ3n) is 2.57. The average Bonchev–Trinajstić information content (AvgIpc) is 3.10. The Labute approximate surface area is 118 Å². The molecule has 3 aromatic heterocycles. The van der Waals surface area contributed by atoms with E-state index in [1.807, 2.05) is 0 Å². The van der Waals surface area contributed by atoms with Crippen LogP contribution >= 0.6 is 11.8 Å². The van der Waals surface area contributed by atoms with E-state index in [-0.39, 0.29) is 5.76 Å². The summed E-state index contributed by atoms with van der Waals surface area (Å²) in [6.07, 6.45) is 4.89. The highest BCUT2D eigenvalue weighted by atomic mass is 32.2. The number of esters is 1. The van der Waals surface area contributed by atoms with Crippen LogP contribution in [0.3, 0.4) is 0 Å². The molecule has 3 heterocycles. The summed E-state index contributed by atoms with van der Waals surface area (Å²) in [7, 11) is 1.32. The molecule has 0 aliphatic heterocycles. The first-order valence-corrected chi connectivity index (χ1v) is 6.71. The zero-order valence-electron chi connectivity index (χ0n) is 10.5. The van der Waals surface area contributed by atoms with Crippen molar-refractivity contribution >= 4 is 23.5 Å². The van der Waals surface area contributed by atoms with E-state index < -0.39 is 5.97 Å². The van der Waals surface area contributed by atoms with Crippen LogP contribution in [0.1, 0.15) is 16.1 Å². The highest BCUT2D eigenvalue weighted by Crippen LogP contribution is 2.23. The van der Waals surface area contributed by atoms with Gasteiger partial charge >= 0.3 is 5.97 Å². The molecule has 0 amide bonds. The summed E-state index contributed by atoms with van der Waals surface area (Å²) in [5.74, 6) is 0.769. The van der Waals surface area contributed by atoms with Crippen molar-refractivity contribution in [3.63, 3.8) is 0 Å². The highest BCUT2D eigenvalue weighted by molar-refractivity contribution is 7.98. The quantitative estimate of drug-likeness (QED) is 0.535. The van der Waals surface area contributed by atoms with E-state index in [0.29, 0.717) is 16.7 Å². The number of hydrogen-bond acceptors (Lipinski definition) is 7. The van der Waals surface area contributed by atoms with Gasteiger partial charge in [-0.2, -0.15) is 4.98 Å². The molecule has 0 radical (unpaired) electrons. The van der Waals surface area contributed by atoms with Crippen molar-refractivity contribution in [1.29, 1.82) is 0 Å². The predicted octanol–water partition coefficient (Wildman–Crippen LogP) is 1.80. The first kappa shape index (κ1) is 12.7. The number of furan rings is 1. The lowest BCUT2D eigenvalue weighted by molar-refractivity contribution is 0.0564. The smallest absolute Gasteiger partial charge is 0.374 e. The Morgan fingerprint density at radius 3 is 3.25 bits per heavy atom. The fraction of sp³-hybridized carbons (Fsp3) is 0.167. The topological polar surface area (TPSA) is 82.5 Å². The maximum atomic E-state index is 11.5. The van der Waals surface area contributed by atoms with Gasteiger partial charge in [-0.05, 0) is 12.1 Å². The van der Waals surface area contributed by atoms with Gasteiger partial charge in [0.15, 0.2) is 0 Å². The molecule has 0 saturated carbocycles. The van der Waals surface area contributed by atoms with Crippen LogP contribution in [0.15, 0.2) is 40.4 Å². The number of hydrogen-bond donors (Lipinski definition) is 0. The van der Waals surface area contributed by atoms with Crippen LogP contribution in [-0.4, -0.2) is 32.7 Å². The van der Waals surface area contributed by atoms with Crippen molar-refractivity contribution in [2.24, 2.45) is 0 Å². The van der Waals surface area contributed by atoms with Gasteiger partial charge in [0, 0.05) is 23.7 Å². The number of aromatic nitrogens is 4. The van der Waals surface area contributed by atoms with Gasteiger partial charge in [-0.3, -0.25) is 0 Å². The molecule has 3 rings (SSSR count). The summed E-state index contributed by atoms with van der Waals surface area (Å²) < 4.78 is 11.4. The molecule has 0 spiro atoms.